The maximum Gasteiger partial charge on any atom is 0.274 e. The molecular formula is C10H11ClFNO3. The van der Waals surface area contributed by atoms with Crippen molar-refractivity contribution in [3.8, 4) is 0 Å². The molecule has 1 rings (SSSR count). The highest BCUT2D eigenvalue weighted by Gasteiger charge is 2.19. The van der Waals surface area contributed by atoms with Crippen molar-refractivity contribution in [3.05, 3.63) is 38.7 Å². The summed E-state index contributed by atoms with van der Waals surface area (Å²) in [4.78, 5) is 10.1. The predicted octanol–water partition coefficient (Wildman–Crippen LogP) is 2.70. The van der Waals surface area contributed by atoms with E-state index in [1.54, 1.807) is 6.92 Å². The Balaban J connectivity index is 3.14. The molecule has 0 aliphatic rings. The smallest absolute Gasteiger partial charge is 0.274 e. The zero-order chi connectivity index (χ0) is 12.3. The molecule has 1 aromatic carbocycles. The Hall–Kier alpha value is -1.20. The molecule has 1 unspecified atom stereocenters. The quantitative estimate of drug-likeness (QED) is 0.657. The van der Waals surface area contributed by atoms with Gasteiger partial charge in [0.1, 0.15) is 5.82 Å². The molecule has 0 fully saturated rings. The highest BCUT2D eigenvalue weighted by molar-refractivity contribution is 6.31. The van der Waals surface area contributed by atoms with Crippen LogP contribution < -0.4 is 0 Å². The molecule has 0 spiro atoms. The highest BCUT2D eigenvalue weighted by atomic mass is 35.5. The third-order valence-electron chi connectivity index (χ3n) is 2.25. The first-order valence-corrected chi connectivity index (χ1v) is 5.13. The summed E-state index contributed by atoms with van der Waals surface area (Å²) in [6, 6.07) is 1.97. The Labute approximate surface area is 96.8 Å². The zero-order valence-electron chi connectivity index (χ0n) is 8.61. The van der Waals surface area contributed by atoms with Crippen molar-refractivity contribution in [1.29, 1.82) is 0 Å². The van der Waals surface area contributed by atoms with Crippen molar-refractivity contribution in [2.75, 3.05) is 0 Å². The van der Waals surface area contributed by atoms with Crippen LogP contribution in [-0.4, -0.2) is 16.1 Å². The van der Waals surface area contributed by atoms with Gasteiger partial charge in [-0.2, -0.15) is 0 Å². The van der Waals surface area contributed by atoms with E-state index in [9.17, 15) is 19.6 Å². The first-order valence-electron chi connectivity index (χ1n) is 4.76. The van der Waals surface area contributed by atoms with Crippen LogP contribution in [0.3, 0.4) is 0 Å². The van der Waals surface area contributed by atoms with Gasteiger partial charge in [0.05, 0.1) is 16.0 Å². The monoisotopic (exact) mass is 247 g/mol. The van der Waals surface area contributed by atoms with Gasteiger partial charge in [-0.3, -0.25) is 10.1 Å². The number of nitro groups is 1. The second-order valence-electron chi connectivity index (χ2n) is 3.42. The third kappa shape index (κ3) is 2.90. The Kier molecular flexibility index (Phi) is 4.20. The van der Waals surface area contributed by atoms with E-state index in [4.69, 9.17) is 11.6 Å². The maximum absolute atomic E-state index is 13.1. The van der Waals surface area contributed by atoms with E-state index in [0.717, 1.165) is 12.1 Å². The molecule has 0 saturated heterocycles. The molecule has 0 aliphatic heterocycles. The summed E-state index contributed by atoms with van der Waals surface area (Å²) in [5, 5.41) is 19.8. The number of benzene rings is 1. The largest absolute Gasteiger partial charge is 0.393 e. The second-order valence-corrected chi connectivity index (χ2v) is 3.83. The molecule has 1 N–H and O–H groups in total. The van der Waals surface area contributed by atoms with Crippen LogP contribution in [0.4, 0.5) is 10.1 Å². The zero-order valence-corrected chi connectivity index (χ0v) is 9.37. The van der Waals surface area contributed by atoms with Crippen molar-refractivity contribution in [2.45, 2.75) is 25.9 Å². The van der Waals surface area contributed by atoms with Crippen LogP contribution in [0.5, 0.6) is 0 Å². The summed E-state index contributed by atoms with van der Waals surface area (Å²) in [7, 11) is 0. The number of hydrogen-bond donors (Lipinski definition) is 1. The average molecular weight is 248 g/mol. The fraction of sp³-hybridized carbons (Fsp3) is 0.400. The number of rotatable bonds is 4. The molecule has 0 saturated carbocycles. The van der Waals surface area contributed by atoms with E-state index in [-0.39, 0.29) is 22.7 Å². The van der Waals surface area contributed by atoms with E-state index in [2.05, 4.69) is 0 Å². The van der Waals surface area contributed by atoms with Crippen LogP contribution in [0.1, 0.15) is 18.9 Å². The van der Waals surface area contributed by atoms with Gasteiger partial charge in [-0.15, -0.1) is 0 Å². The van der Waals surface area contributed by atoms with Gasteiger partial charge in [0.2, 0.25) is 0 Å². The van der Waals surface area contributed by atoms with Crippen molar-refractivity contribution in [3.63, 3.8) is 0 Å². The lowest BCUT2D eigenvalue weighted by atomic mass is 10.0. The minimum Gasteiger partial charge on any atom is -0.393 e. The number of aliphatic hydroxyl groups is 1. The molecule has 16 heavy (non-hydrogen) atoms. The fourth-order valence-electron chi connectivity index (χ4n) is 1.31. The Morgan fingerprint density at radius 1 is 1.62 bits per heavy atom. The Morgan fingerprint density at radius 3 is 2.75 bits per heavy atom. The maximum atomic E-state index is 13.1. The van der Waals surface area contributed by atoms with Crippen LogP contribution in [0.25, 0.3) is 0 Å². The van der Waals surface area contributed by atoms with Gasteiger partial charge >= 0.3 is 0 Å². The summed E-state index contributed by atoms with van der Waals surface area (Å²) < 4.78 is 13.1. The van der Waals surface area contributed by atoms with E-state index >= 15 is 0 Å². The first kappa shape index (κ1) is 12.9. The average Bonchev–Trinajstić information content (AvgIpc) is 2.22. The predicted molar refractivity (Wildman–Crippen MR) is 58.1 cm³/mol. The normalized spacial score (nSPS) is 12.5. The van der Waals surface area contributed by atoms with E-state index in [0.29, 0.717) is 6.42 Å². The van der Waals surface area contributed by atoms with Crippen molar-refractivity contribution >= 4 is 17.3 Å². The second kappa shape index (κ2) is 5.23. The molecule has 6 heteroatoms. The number of hydrogen-bond acceptors (Lipinski definition) is 3. The minimum absolute atomic E-state index is 0.0426. The molecule has 88 valence electrons. The van der Waals surface area contributed by atoms with Crippen LogP contribution in [0, 0.1) is 15.9 Å². The summed E-state index contributed by atoms with van der Waals surface area (Å²) in [5.74, 6) is -0.717. The van der Waals surface area contributed by atoms with Gasteiger partial charge in [0.25, 0.3) is 5.69 Å². The van der Waals surface area contributed by atoms with Crippen molar-refractivity contribution in [1.82, 2.24) is 0 Å². The summed E-state index contributed by atoms with van der Waals surface area (Å²) in [6.45, 7) is 1.74. The number of halogens is 2. The van der Waals surface area contributed by atoms with Crippen molar-refractivity contribution < 1.29 is 14.4 Å². The number of nitrogens with zero attached hydrogens (tertiary/aromatic N) is 1. The summed E-state index contributed by atoms with van der Waals surface area (Å²) in [6.07, 6.45) is -0.234. The van der Waals surface area contributed by atoms with E-state index in [1.165, 1.54) is 0 Å². The van der Waals surface area contributed by atoms with Gasteiger partial charge in [-0.05, 0) is 12.5 Å². The minimum atomic E-state index is -0.723. The number of aliphatic hydroxyl groups excluding tert-OH is 1. The lowest BCUT2D eigenvalue weighted by Crippen LogP contribution is -2.10. The van der Waals surface area contributed by atoms with Gasteiger partial charge in [-0.1, -0.05) is 18.5 Å². The van der Waals surface area contributed by atoms with Gasteiger partial charge in [-0.25, -0.2) is 4.39 Å². The van der Waals surface area contributed by atoms with Crippen LogP contribution >= 0.6 is 11.6 Å². The molecule has 0 aromatic heterocycles. The lowest BCUT2D eigenvalue weighted by molar-refractivity contribution is -0.385. The molecule has 0 heterocycles. The molecule has 0 amide bonds. The SMILES string of the molecule is CCC(O)Cc1cc(F)c(Cl)cc1[N+](=O)[O-]. The van der Waals surface area contributed by atoms with Gasteiger partial charge in [0.15, 0.2) is 0 Å². The van der Waals surface area contributed by atoms with E-state index < -0.39 is 16.8 Å². The molecule has 0 aliphatic carbocycles. The fourth-order valence-corrected chi connectivity index (χ4v) is 1.47. The summed E-state index contributed by atoms with van der Waals surface area (Å²) in [5.41, 5.74) is -0.111. The van der Waals surface area contributed by atoms with E-state index in [1.807, 2.05) is 0 Å². The molecule has 1 aromatic rings. The topological polar surface area (TPSA) is 63.4 Å². The van der Waals surface area contributed by atoms with Crippen LogP contribution in [0.15, 0.2) is 12.1 Å². The Bertz CT molecular complexity index is 411. The molecule has 0 radical (unpaired) electrons. The van der Waals surface area contributed by atoms with Gasteiger partial charge in [0, 0.05) is 18.1 Å². The standard InChI is InChI=1S/C10H11ClFNO3/c1-2-7(14)3-6-4-9(12)8(11)5-10(6)13(15)16/h4-5,7,14H,2-3H2,1H3. The van der Waals surface area contributed by atoms with Crippen LogP contribution in [-0.2, 0) is 6.42 Å². The Morgan fingerprint density at radius 2 is 2.25 bits per heavy atom. The summed E-state index contributed by atoms with van der Waals surface area (Å²) >= 11 is 5.46. The number of nitro benzene ring substituents is 1. The first-order chi connectivity index (χ1) is 7.45. The molecule has 0 bridgehead atoms. The van der Waals surface area contributed by atoms with Crippen LogP contribution in [0.2, 0.25) is 5.02 Å². The lowest BCUT2D eigenvalue weighted by Gasteiger charge is -2.08. The van der Waals surface area contributed by atoms with Crippen molar-refractivity contribution in [2.24, 2.45) is 0 Å². The molecule has 4 nitrogen and oxygen atoms in total. The molecular weight excluding hydrogens is 237 g/mol. The highest BCUT2D eigenvalue weighted by Crippen LogP contribution is 2.27. The molecule has 1 atom stereocenters. The van der Waals surface area contributed by atoms with Gasteiger partial charge < -0.3 is 5.11 Å². The third-order valence-corrected chi connectivity index (χ3v) is 2.53.